The fourth-order valence-electron chi connectivity index (χ4n) is 5.42. The molecule has 5 rings (SSSR count). The molecule has 8 nitrogen and oxygen atoms in total. The predicted octanol–water partition coefficient (Wildman–Crippen LogP) is 4.77. The molecule has 0 spiro atoms. The maximum Gasteiger partial charge on any atom is 0.420 e. The number of oxazole rings is 1. The lowest BCUT2D eigenvalue weighted by Crippen LogP contribution is -2.43. The molecular weight excluding hydrogens is 569 g/mol. The second kappa shape index (κ2) is 12.9. The Morgan fingerprint density at radius 1 is 1.17 bits per heavy atom. The molecule has 3 heterocycles. The lowest BCUT2D eigenvalue weighted by molar-refractivity contribution is -0.140. The summed E-state index contributed by atoms with van der Waals surface area (Å²) in [5.41, 5.74) is 2.40. The van der Waals surface area contributed by atoms with Crippen molar-refractivity contribution in [1.82, 2.24) is 14.0 Å². The lowest BCUT2D eigenvalue weighted by atomic mass is 10.0. The predicted molar refractivity (Wildman–Crippen MR) is 158 cm³/mol. The smallest absolute Gasteiger partial charge is 0.408 e. The molecule has 224 valence electrons. The molecular formula is C30H33F3N4O4S. The number of anilines is 1. The number of nitrogens with one attached hydrogen (secondary N) is 1. The van der Waals surface area contributed by atoms with Crippen LogP contribution in [0.25, 0.3) is 22.0 Å². The highest BCUT2D eigenvalue weighted by atomic mass is 32.2. The van der Waals surface area contributed by atoms with Gasteiger partial charge in [-0.3, -0.25) is 4.57 Å². The second-order valence-electron chi connectivity index (χ2n) is 10.4. The molecule has 2 aromatic carbocycles. The van der Waals surface area contributed by atoms with Gasteiger partial charge in [-0.05, 0) is 61.4 Å². The van der Waals surface area contributed by atoms with E-state index >= 15 is 0 Å². The Balaban J connectivity index is 1.38. The fraction of sp³-hybridized carbons (Fsp3) is 0.433. The highest BCUT2D eigenvalue weighted by molar-refractivity contribution is 7.98. The molecule has 0 saturated carbocycles. The number of rotatable bonds is 9. The number of benzene rings is 2. The summed E-state index contributed by atoms with van der Waals surface area (Å²) < 4.78 is 53.8. The number of thioether (sulfide) groups is 1. The first kappa shape index (κ1) is 30.1. The van der Waals surface area contributed by atoms with Crippen molar-refractivity contribution in [2.75, 3.05) is 44.9 Å². The average molecular weight is 603 g/mol. The number of ether oxygens (including phenoxy) is 1. The van der Waals surface area contributed by atoms with Crippen LogP contribution in [0.5, 0.6) is 0 Å². The van der Waals surface area contributed by atoms with Crippen LogP contribution in [0, 0.1) is 11.8 Å². The van der Waals surface area contributed by atoms with Gasteiger partial charge < -0.3 is 29.0 Å². The minimum atomic E-state index is -4.45. The molecule has 2 N–H and O–H groups in total. The molecule has 1 unspecified atom stereocenters. The molecule has 4 aromatic rings. The Hall–Kier alpha value is -3.37. The van der Waals surface area contributed by atoms with Crippen molar-refractivity contribution < 1.29 is 27.4 Å². The molecule has 1 fully saturated rings. The van der Waals surface area contributed by atoms with Crippen LogP contribution in [0.15, 0.2) is 56.6 Å². The van der Waals surface area contributed by atoms with E-state index in [0.29, 0.717) is 28.5 Å². The first-order valence-corrected chi connectivity index (χ1v) is 14.9. The van der Waals surface area contributed by atoms with Gasteiger partial charge in [-0.1, -0.05) is 12.0 Å². The van der Waals surface area contributed by atoms with E-state index in [1.807, 2.05) is 18.4 Å². The van der Waals surface area contributed by atoms with Gasteiger partial charge in [-0.25, -0.2) is 4.79 Å². The lowest BCUT2D eigenvalue weighted by Gasteiger charge is -2.34. The summed E-state index contributed by atoms with van der Waals surface area (Å²) in [6, 6.07) is 12.5. The van der Waals surface area contributed by atoms with Gasteiger partial charge in [0, 0.05) is 48.8 Å². The van der Waals surface area contributed by atoms with Crippen LogP contribution in [0.4, 0.5) is 18.9 Å². The molecule has 1 aliphatic heterocycles. The monoisotopic (exact) mass is 602 g/mol. The maximum absolute atomic E-state index is 13.6. The Morgan fingerprint density at radius 3 is 2.67 bits per heavy atom. The summed E-state index contributed by atoms with van der Waals surface area (Å²) in [7, 11) is 1.56. The number of aromatic nitrogens is 2. The number of alkyl halides is 3. The highest BCUT2D eigenvalue weighted by Gasteiger charge is 2.30. The Kier molecular flexibility index (Phi) is 9.22. The van der Waals surface area contributed by atoms with E-state index in [4.69, 9.17) is 9.15 Å². The third kappa shape index (κ3) is 6.98. The van der Waals surface area contributed by atoms with Gasteiger partial charge in [0.1, 0.15) is 6.54 Å². The van der Waals surface area contributed by atoms with Crippen molar-refractivity contribution in [3.63, 3.8) is 0 Å². The number of nitrogens with zero attached hydrogens (tertiary/aromatic N) is 3. The Labute approximate surface area is 245 Å². The number of aliphatic hydroxyl groups is 1. The number of piperidine rings is 1. The fourth-order valence-corrected chi connectivity index (χ4v) is 5.85. The van der Waals surface area contributed by atoms with Gasteiger partial charge in [0.25, 0.3) is 0 Å². The average Bonchev–Trinajstić information content (AvgIpc) is 3.45. The largest absolute Gasteiger partial charge is 0.420 e. The molecule has 2 aromatic heterocycles. The summed E-state index contributed by atoms with van der Waals surface area (Å²) in [5, 5.41) is 14.2. The van der Waals surface area contributed by atoms with Gasteiger partial charge in [-0.2, -0.15) is 13.2 Å². The van der Waals surface area contributed by atoms with Crippen molar-refractivity contribution in [3.8, 4) is 11.8 Å². The molecule has 0 bridgehead atoms. The van der Waals surface area contributed by atoms with E-state index < -0.39 is 24.6 Å². The molecule has 1 aliphatic rings. The van der Waals surface area contributed by atoms with Crippen molar-refractivity contribution in [1.29, 1.82) is 0 Å². The van der Waals surface area contributed by atoms with Gasteiger partial charge in [0.15, 0.2) is 5.58 Å². The zero-order chi connectivity index (χ0) is 29.9. The normalized spacial score (nSPS) is 15.7. The number of hydrogen-bond acceptors (Lipinski definition) is 7. The Bertz CT molecular complexity index is 1660. The van der Waals surface area contributed by atoms with Crippen LogP contribution < -0.4 is 11.1 Å². The van der Waals surface area contributed by atoms with Gasteiger partial charge in [0.05, 0.1) is 36.0 Å². The van der Waals surface area contributed by atoms with E-state index in [1.54, 1.807) is 37.4 Å². The second-order valence-corrected chi connectivity index (χ2v) is 11.3. The van der Waals surface area contributed by atoms with Crippen molar-refractivity contribution in [3.05, 3.63) is 58.7 Å². The van der Waals surface area contributed by atoms with E-state index in [1.165, 1.54) is 20.9 Å². The number of hydrogen-bond donors (Lipinski definition) is 2. The van der Waals surface area contributed by atoms with E-state index in [9.17, 15) is 23.1 Å². The van der Waals surface area contributed by atoms with Crippen LogP contribution in [0.2, 0.25) is 0 Å². The first-order chi connectivity index (χ1) is 20.1. The topological polar surface area (TPSA) is 84.8 Å². The zero-order valence-corrected chi connectivity index (χ0v) is 24.2. The van der Waals surface area contributed by atoms with Crippen LogP contribution in [-0.4, -0.2) is 77.1 Å². The molecule has 12 heteroatoms. The maximum atomic E-state index is 13.6. The number of halogens is 3. The molecule has 1 saturated heterocycles. The third-order valence-electron chi connectivity index (χ3n) is 7.39. The highest BCUT2D eigenvalue weighted by Crippen LogP contribution is 2.31. The number of aliphatic hydroxyl groups excluding tert-OH is 1. The summed E-state index contributed by atoms with van der Waals surface area (Å²) in [5.74, 6) is 5.20. The molecule has 0 amide bonds. The Morgan fingerprint density at radius 2 is 1.95 bits per heavy atom. The first-order valence-electron chi connectivity index (χ1n) is 13.7. The third-order valence-corrected chi connectivity index (χ3v) is 8.11. The number of fused-ring (bicyclic) bond motifs is 2. The number of methoxy groups -OCH3 is 1. The minimum Gasteiger partial charge on any atom is -0.408 e. The van der Waals surface area contributed by atoms with Gasteiger partial charge in [-0.15, -0.1) is 11.8 Å². The molecule has 0 aliphatic carbocycles. The van der Waals surface area contributed by atoms with Crippen LogP contribution in [0.3, 0.4) is 0 Å². The van der Waals surface area contributed by atoms with Crippen molar-refractivity contribution in [2.45, 2.75) is 49.1 Å². The summed E-state index contributed by atoms with van der Waals surface area (Å²) >= 11 is 1.52. The quantitative estimate of drug-likeness (QED) is 0.211. The molecule has 0 radical (unpaired) electrons. The van der Waals surface area contributed by atoms with Crippen LogP contribution >= 0.6 is 11.8 Å². The standard InChI is InChI=1S/C30H33F3N4O4S/c1-40-18-22(38)17-35-13-10-20(11-14-35)34-25-6-3-7-26-24(25)15-21(37(26)19-30(31,32)33)5-4-12-36-27-9-8-23(42-2)16-28(27)41-29(36)39/h3,6-9,15-16,20,22,34,38H,10-14,17-19H2,1-2H3. The van der Waals surface area contributed by atoms with Gasteiger partial charge >= 0.3 is 11.9 Å². The van der Waals surface area contributed by atoms with E-state index in [2.05, 4.69) is 22.1 Å². The van der Waals surface area contributed by atoms with Crippen molar-refractivity contribution >= 4 is 39.5 Å². The molecule has 42 heavy (non-hydrogen) atoms. The molecule has 1 atom stereocenters. The van der Waals surface area contributed by atoms with Crippen molar-refractivity contribution in [2.24, 2.45) is 0 Å². The van der Waals surface area contributed by atoms with Crippen LogP contribution in [0.1, 0.15) is 18.5 Å². The van der Waals surface area contributed by atoms with E-state index in [-0.39, 0.29) is 24.9 Å². The SMILES string of the molecule is COCC(O)CN1CCC(Nc2cccc3c2cc(C#CCn2c(=O)oc4cc(SC)ccc42)n3CC(F)(F)F)CC1. The summed E-state index contributed by atoms with van der Waals surface area (Å²) in [6.07, 6.45) is -1.41. The van der Waals surface area contributed by atoms with E-state index in [0.717, 1.165) is 36.5 Å². The zero-order valence-electron chi connectivity index (χ0n) is 23.4. The summed E-state index contributed by atoms with van der Waals surface area (Å²) in [6.45, 7) is 1.20. The number of β-amino-alcohol motifs (C(OH)–C–C–N with tert-alkyl or cyclic N) is 1. The van der Waals surface area contributed by atoms with Crippen LogP contribution in [-0.2, 0) is 17.8 Å². The van der Waals surface area contributed by atoms with Gasteiger partial charge in [0.2, 0.25) is 0 Å². The number of likely N-dealkylation sites (tertiary alicyclic amines) is 1. The summed E-state index contributed by atoms with van der Waals surface area (Å²) in [4.78, 5) is 15.6. The minimum absolute atomic E-state index is 0.0270.